The largest absolute Gasteiger partial charge is 0.481 e. The van der Waals surface area contributed by atoms with Gasteiger partial charge in [0, 0.05) is 6.54 Å². The molecule has 0 heterocycles. The van der Waals surface area contributed by atoms with Crippen LogP contribution in [0.25, 0.3) is 0 Å². The van der Waals surface area contributed by atoms with Gasteiger partial charge in [-0.25, -0.2) is 8.78 Å². The lowest BCUT2D eigenvalue weighted by atomic mass is 9.66. The summed E-state index contributed by atoms with van der Waals surface area (Å²) in [4.78, 5) is 22.6. The molecular formula is C14H15F2NO3. The number of amides is 1. The lowest BCUT2D eigenvalue weighted by Gasteiger charge is -2.40. The van der Waals surface area contributed by atoms with E-state index in [0.29, 0.717) is 12.8 Å². The summed E-state index contributed by atoms with van der Waals surface area (Å²) < 4.78 is 26.9. The van der Waals surface area contributed by atoms with E-state index in [1.54, 1.807) is 0 Å². The zero-order valence-corrected chi connectivity index (χ0v) is 10.8. The second kappa shape index (κ2) is 5.56. The molecule has 1 aromatic carbocycles. The van der Waals surface area contributed by atoms with Gasteiger partial charge in [0.05, 0.1) is 6.42 Å². The molecule has 0 spiro atoms. The maximum absolute atomic E-state index is 13.4. The van der Waals surface area contributed by atoms with Gasteiger partial charge in [0.2, 0.25) is 0 Å². The van der Waals surface area contributed by atoms with Gasteiger partial charge < -0.3 is 10.4 Å². The number of nitrogens with one attached hydrogen (secondary N) is 1. The Bertz CT molecular complexity index is 521. The maximum Gasteiger partial charge on any atom is 0.303 e. The fourth-order valence-corrected chi connectivity index (χ4v) is 2.48. The minimum absolute atomic E-state index is 0.0486. The van der Waals surface area contributed by atoms with Crippen molar-refractivity contribution in [2.24, 2.45) is 5.41 Å². The fraction of sp³-hybridized carbons (Fsp3) is 0.429. The molecule has 4 nitrogen and oxygen atoms in total. The van der Waals surface area contributed by atoms with Crippen LogP contribution in [0, 0.1) is 17.0 Å². The van der Waals surface area contributed by atoms with Crippen molar-refractivity contribution in [2.45, 2.75) is 25.7 Å². The Hall–Kier alpha value is -1.98. The minimum Gasteiger partial charge on any atom is -0.481 e. The number of carboxylic acid groups (broad SMARTS) is 1. The highest BCUT2D eigenvalue weighted by Crippen LogP contribution is 2.43. The molecule has 0 unspecified atom stereocenters. The van der Waals surface area contributed by atoms with Gasteiger partial charge in [-0.1, -0.05) is 12.5 Å². The Morgan fingerprint density at radius 1 is 1.25 bits per heavy atom. The van der Waals surface area contributed by atoms with Crippen LogP contribution < -0.4 is 5.32 Å². The summed E-state index contributed by atoms with van der Waals surface area (Å²) in [6.07, 6.45) is 2.24. The molecule has 1 aromatic rings. The lowest BCUT2D eigenvalue weighted by Crippen LogP contribution is -2.43. The molecule has 1 saturated carbocycles. The van der Waals surface area contributed by atoms with E-state index in [1.807, 2.05) is 0 Å². The van der Waals surface area contributed by atoms with E-state index >= 15 is 0 Å². The Kier molecular flexibility index (Phi) is 4.01. The number of benzene rings is 1. The van der Waals surface area contributed by atoms with Gasteiger partial charge in [0.15, 0.2) is 0 Å². The molecule has 0 radical (unpaired) electrons. The molecule has 1 amide bonds. The molecule has 1 aliphatic rings. The molecule has 1 fully saturated rings. The highest BCUT2D eigenvalue weighted by molar-refractivity contribution is 5.94. The maximum atomic E-state index is 13.4. The van der Waals surface area contributed by atoms with Crippen LogP contribution in [0.2, 0.25) is 0 Å². The predicted molar refractivity (Wildman–Crippen MR) is 67.2 cm³/mol. The van der Waals surface area contributed by atoms with Crippen molar-refractivity contribution in [1.29, 1.82) is 0 Å². The summed E-state index contributed by atoms with van der Waals surface area (Å²) in [5, 5.41) is 11.3. The zero-order valence-electron chi connectivity index (χ0n) is 10.8. The summed E-state index contributed by atoms with van der Waals surface area (Å²) >= 11 is 0. The number of hydrogen-bond donors (Lipinski definition) is 2. The molecule has 0 atom stereocenters. The third kappa shape index (κ3) is 2.95. The van der Waals surface area contributed by atoms with Crippen LogP contribution in [0.15, 0.2) is 18.2 Å². The van der Waals surface area contributed by atoms with E-state index in [-0.39, 0.29) is 13.0 Å². The summed E-state index contributed by atoms with van der Waals surface area (Å²) in [5.74, 6) is -3.64. The number of halogens is 2. The molecule has 0 aliphatic heterocycles. The molecule has 0 bridgehead atoms. The number of aliphatic carboxylic acids is 1. The number of rotatable bonds is 5. The number of carbonyl (C=O) groups excluding carboxylic acids is 1. The first-order valence-corrected chi connectivity index (χ1v) is 6.38. The van der Waals surface area contributed by atoms with Crippen molar-refractivity contribution in [1.82, 2.24) is 5.32 Å². The Balaban J connectivity index is 2.03. The highest BCUT2D eigenvalue weighted by Gasteiger charge is 2.39. The molecule has 0 saturated heterocycles. The molecule has 108 valence electrons. The standard InChI is InChI=1S/C14H15F2NO3/c15-9-3-1-4-10(16)12(9)13(20)17-8-14(5-2-6-14)7-11(18)19/h1,3-4H,2,5-8H2,(H,17,20)(H,18,19). The van der Waals surface area contributed by atoms with E-state index < -0.39 is 34.5 Å². The zero-order chi connectivity index (χ0) is 14.8. The number of hydrogen-bond acceptors (Lipinski definition) is 2. The SMILES string of the molecule is O=C(O)CC1(CNC(=O)c2c(F)cccc2F)CCC1. The summed E-state index contributed by atoms with van der Waals surface area (Å²) in [7, 11) is 0. The predicted octanol–water partition coefficient (Wildman–Crippen LogP) is 2.34. The second-order valence-electron chi connectivity index (χ2n) is 5.20. The number of carbonyl (C=O) groups is 2. The van der Waals surface area contributed by atoms with E-state index in [0.717, 1.165) is 18.6 Å². The average molecular weight is 283 g/mol. The average Bonchev–Trinajstić information content (AvgIpc) is 2.31. The van der Waals surface area contributed by atoms with Gasteiger partial charge in [-0.05, 0) is 30.4 Å². The van der Waals surface area contributed by atoms with Crippen LogP contribution in [0.3, 0.4) is 0 Å². The third-order valence-corrected chi connectivity index (χ3v) is 3.75. The monoisotopic (exact) mass is 283 g/mol. The van der Waals surface area contributed by atoms with Crippen LogP contribution in [-0.2, 0) is 4.79 Å². The summed E-state index contributed by atoms with van der Waals surface area (Å²) in [6, 6.07) is 3.20. The Morgan fingerprint density at radius 3 is 2.30 bits per heavy atom. The minimum atomic E-state index is -0.934. The fourth-order valence-electron chi connectivity index (χ4n) is 2.48. The molecule has 2 rings (SSSR count). The first-order valence-electron chi connectivity index (χ1n) is 6.38. The normalized spacial score (nSPS) is 16.3. The van der Waals surface area contributed by atoms with Gasteiger partial charge >= 0.3 is 5.97 Å². The van der Waals surface area contributed by atoms with Crippen LogP contribution in [-0.4, -0.2) is 23.5 Å². The van der Waals surface area contributed by atoms with Gasteiger partial charge in [-0.15, -0.1) is 0 Å². The highest BCUT2D eigenvalue weighted by atomic mass is 19.1. The van der Waals surface area contributed by atoms with Crippen LogP contribution in [0.1, 0.15) is 36.0 Å². The molecule has 6 heteroatoms. The first kappa shape index (κ1) is 14.4. The van der Waals surface area contributed by atoms with Crippen molar-refractivity contribution in [3.63, 3.8) is 0 Å². The van der Waals surface area contributed by atoms with Crippen molar-refractivity contribution < 1.29 is 23.5 Å². The summed E-state index contributed by atoms with van der Waals surface area (Å²) in [6.45, 7) is 0.117. The van der Waals surface area contributed by atoms with Crippen molar-refractivity contribution in [2.75, 3.05) is 6.54 Å². The van der Waals surface area contributed by atoms with Crippen molar-refractivity contribution in [3.05, 3.63) is 35.4 Å². The molecular weight excluding hydrogens is 268 g/mol. The molecule has 0 aromatic heterocycles. The molecule has 20 heavy (non-hydrogen) atoms. The first-order chi connectivity index (χ1) is 9.43. The van der Waals surface area contributed by atoms with Crippen molar-refractivity contribution >= 4 is 11.9 Å². The summed E-state index contributed by atoms with van der Waals surface area (Å²) in [5.41, 5.74) is -1.11. The lowest BCUT2D eigenvalue weighted by molar-refractivity contribution is -0.141. The number of carboxylic acids is 1. The van der Waals surface area contributed by atoms with E-state index in [2.05, 4.69) is 5.32 Å². The third-order valence-electron chi connectivity index (χ3n) is 3.75. The quantitative estimate of drug-likeness (QED) is 0.871. The van der Waals surface area contributed by atoms with Crippen molar-refractivity contribution in [3.8, 4) is 0 Å². The van der Waals surface area contributed by atoms with Gasteiger partial charge in [0.25, 0.3) is 5.91 Å². The molecule has 2 N–H and O–H groups in total. The smallest absolute Gasteiger partial charge is 0.303 e. The Labute approximate surface area is 114 Å². The van der Waals surface area contributed by atoms with Gasteiger partial charge in [0.1, 0.15) is 17.2 Å². The molecule has 1 aliphatic carbocycles. The van der Waals surface area contributed by atoms with E-state index in [4.69, 9.17) is 5.11 Å². The van der Waals surface area contributed by atoms with E-state index in [1.165, 1.54) is 6.07 Å². The second-order valence-corrected chi connectivity index (χ2v) is 5.20. The van der Waals surface area contributed by atoms with Crippen LogP contribution >= 0.6 is 0 Å². The van der Waals surface area contributed by atoms with Crippen LogP contribution in [0.5, 0.6) is 0 Å². The Morgan fingerprint density at radius 2 is 1.85 bits per heavy atom. The topological polar surface area (TPSA) is 66.4 Å². The van der Waals surface area contributed by atoms with Crippen LogP contribution in [0.4, 0.5) is 8.78 Å². The van der Waals surface area contributed by atoms with Gasteiger partial charge in [-0.2, -0.15) is 0 Å². The van der Waals surface area contributed by atoms with Gasteiger partial charge in [-0.3, -0.25) is 9.59 Å². The van der Waals surface area contributed by atoms with E-state index in [9.17, 15) is 18.4 Å².